The molecule has 2 aromatic carbocycles. The van der Waals surface area contributed by atoms with Crippen molar-refractivity contribution in [2.24, 2.45) is 0 Å². The zero-order chi connectivity index (χ0) is 21.4. The molecule has 29 heavy (non-hydrogen) atoms. The van der Waals surface area contributed by atoms with Gasteiger partial charge in [0.05, 0.1) is 20.6 Å². The summed E-state index contributed by atoms with van der Waals surface area (Å²) in [5.74, 6) is 0.199. The number of nitrogens with one attached hydrogen (secondary N) is 1. The molecule has 7 heteroatoms. The quantitative estimate of drug-likeness (QED) is 0.560. The number of esters is 1. The van der Waals surface area contributed by atoms with Gasteiger partial charge in [0.15, 0.2) is 18.1 Å². The maximum Gasteiger partial charge on any atom is 0.310 e. The number of halogens is 1. The summed E-state index contributed by atoms with van der Waals surface area (Å²) in [4.78, 5) is 24.5. The zero-order valence-electron chi connectivity index (χ0n) is 17.1. The molecule has 2 rings (SSSR count). The van der Waals surface area contributed by atoms with E-state index in [4.69, 9.17) is 14.2 Å². The van der Waals surface area contributed by atoms with Crippen LogP contribution < -0.4 is 14.8 Å². The molecule has 0 fully saturated rings. The Labute approximate surface area is 179 Å². The van der Waals surface area contributed by atoms with Crippen molar-refractivity contribution in [3.05, 3.63) is 51.5 Å². The fourth-order valence-electron chi connectivity index (χ4n) is 2.96. The third kappa shape index (κ3) is 5.97. The lowest BCUT2D eigenvalue weighted by Crippen LogP contribution is -2.23. The van der Waals surface area contributed by atoms with E-state index in [0.29, 0.717) is 21.5 Å². The number of amides is 1. The topological polar surface area (TPSA) is 73.9 Å². The molecule has 0 heterocycles. The van der Waals surface area contributed by atoms with Gasteiger partial charge < -0.3 is 19.5 Å². The smallest absolute Gasteiger partial charge is 0.310 e. The van der Waals surface area contributed by atoms with Crippen LogP contribution in [0.3, 0.4) is 0 Å². The number of hydrogen-bond acceptors (Lipinski definition) is 5. The van der Waals surface area contributed by atoms with E-state index in [2.05, 4.69) is 21.2 Å². The molecule has 2 aromatic rings. The minimum atomic E-state index is -0.507. The van der Waals surface area contributed by atoms with Crippen LogP contribution in [0.5, 0.6) is 11.5 Å². The van der Waals surface area contributed by atoms with Crippen molar-refractivity contribution in [3.8, 4) is 11.5 Å². The predicted molar refractivity (Wildman–Crippen MR) is 116 cm³/mol. The Balaban J connectivity index is 1.99. The molecule has 156 valence electrons. The Morgan fingerprint density at radius 2 is 1.55 bits per heavy atom. The minimum absolute atomic E-state index is 0.0000252. The molecular weight excluding hydrogens is 438 g/mol. The molecule has 0 unspecified atom stereocenters. The number of carbonyl (C=O) groups is 2. The van der Waals surface area contributed by atoms with Gasteiger partial charge in [-0.3, -0.25) is 9.59 Å². The van der Waals surface area contributed by atoms with Gasteiger partial charge in [-0.2, -0.15) is 0 Å². The van der Waals surface area contributed by atoms with Crippen molar-refractivity contribution < 1.29 is 23.8 Å². The Morgan fingerprint density at radius 3 is 2.10 bits per heavy atom. The molecule has 0 saturated heterocycles. The van der Waals surface area contributed by atoms with Crippen LogP contribution in [0, 0.1) is 0 Å². The van der Waals surface area contributed by atoms with Crippen LogP contribution >= 0.6 is 15.9 Å². The largest absolute Gasteiger partial charge is 0.493 e. The molecule has 0 aliphatic rings. The van der Waals surface area contributed by atoms with Crippen molar-refractivity contribution in [1.82, 2.24) is 0 Å². The zero-order valence-corrected chi connectivity index (χ0v) is 18.7. The summed E-state index contributed by atoms with van der Waals surface area (Å²) in [5, 5.41) is 2.88. The van der Waals surface area contributed by atoms with Crippen molar-refractivity contribution in [2.45, 2.75) is 33.1 Å². The van der Waals surface area contributed by atoms with Crippen molar-refractivity contribution in [2.75, 3.05) is 26.1 Å². The number of ether oxygens (including phenoxy) is 3. The van der Waals surface area contributed by atoms with Crippen LogP contribution in [0.4, 0.5) is 5.69 Å². The molecule has 6 nitrogen and oxygen atoms in total. The van der Waals surface area contributed by atoms with Crippen molar-refractivity contribution in [1.29, 1.82) is 0 Å². The molecule has 0 aromatic heterocycles. The maximum atomic E-state index is 12.3. The van der Waals surface area contributed by atoms with E-state index in [-0.39, 0.29) is 18.9 Å². The Hall–Kier alpha value is -2.54. The Kier molecular flexibility index (Phi) is 8.51. The summed E-state index contributed by atoms with van der Waals surface area (Å²) in [6, 6.07) is 9.37. The van der Waals surface area contributed by atoms with Gasteiger partial charge in [-0.1, -0.05) is 48.0 Å². The highest BCUT2D eigenvalue weighted by molar-refractivity contribution is 9.10. The van der Waals surface area contributed by atoms with Gasteiger partial charge in [0.1, 0.15) is 0 Å². The molecule has 1 N–H and O–H groups in total. The van der Waals surface area contributed by atoms with Crippen LogP contribution in [-0.4, -0.2) is 32.7 Å². The van der Waals surface area contributed by atoms with E-state index in [1.165, 1.54) is 14.2 Å². The fraction of sp³-hybridized carbons (Fsp3) is 0.364. The van der Waals surface area contributed by atoms with Gasteiger partial charge in [-0.15, -0.1) is 0 Å². The predicted octanol–water partition coefficient (Wildman–Crippen LogP) is 4.32. The number of carbonyl (C=O) groups excluding carboxylic acids is 2. The molecule has 0 saturated carbocycles. The van der Waals surface area contributed by atoms with E-state index in [1.54, 1.807) is 12.1 Å². The number of hydrogen-bond donors (Lipinski definition) is 1. The first-order valence-electron chi connectivity index (χ1n) is 9.40. The summed E-state index contributed by atoms with van der Waals surface area (Å²) in [5.41, 5.74) is 3.59. The molecule has 0 atom stereocenters. The molecule has 0 bridgehead atoms. The first-order chi connectivity index (χ1) is 13.9. The first-order valence-corrected chi connectivity index (χ1v) is 10.2. The van der Waals surface area contributed by atoms with E-state index in [1.807, 2.05) is 32.0 Å². The molecule has 1 amide bonds. The minimum Gasteiger partial charge on any atom is -0.493 e. The normalized spacial score (nSPS) is 10.4. The highest BCUT2D eigenvalue weighted by Gasteiger charge is 2.16. The highest BCUT2D eigenvalue weighted by atomic mass is 79.9. The Bertz CT molecular complexity index is 859. The molecule has 0 radical (unpaired) electrons. The number of rotatable bonds is 9. The van der Waals surface area contributed by atoms with Gasteiger partial charge in [-0.25, -0.2) is 0 Å². The number of anilines is 1. The Morgan fingerprint density at radius 1 is 0.966 bits per heavy atom. The summed E-state index contributed by atoms with van der Waals surface area (Å²) < 4.78 is 16.3. The molecular formula is C22H26BrNO5. The van der Waals surface area contributed by atoms with Gasteiger partial charge in [0, 0.05) is 10.2 Å². The SMILES string of the molecule is CCc1cccc(CC)c1NC(=O)COC(=O)Cc1cc(OC)c(OC)cc1Br. The third-order valence-electron chi connectivity index (χ3n) is 4.51. The van der Waals surface area contributed by atoms with Gasteiger partial charge in [0.25, 0.3) is 5.91 Å². The first kappa shape index (κ1) is 22.7. The number of para-hydroxylation sites is 1. The van der Waals surface area contributed by atoms with Crippen LogP contribution in [0.25, 0.3) is 0 Å². The van der Waals surface area contributed by atoms with Gasteiger partial charge in [-0.05, 0) is 41.7 Å². The van der Waals surface area contributed by atoms with Crippen LogP contribution in [0.1, 0.15) is 30.5 Å². The fourth-order valence-corrected chi connectivity index (χ4v) is 3.43. The van der Waals surface area contributed by atoms with Crippen molar-refractivity contribution in [3.63, 3.8) is 0 Å². The van der Waals surface area contributed by atoms with Crippen LogP contribution in [-0.2, 0) is 33.6 Å². The monoisotopic (exact) mass is 463 g/mol. The van der Waals surface area contributed by atoms with E-state index in [0.717, 1.165) is 29.7 Å². The van der Waals surface area contributed by atoms with Gasteiger partial charge in [0.2, 0.25) is 0 Å². The lowest BCUT2D eigenvalue weighted by Gasteiger charge is -2.15. The average Bonchev–Trinajstić information content (AvgIpc) is 2.73. The lowest BCUT2D eigenvalue weighted by molar-refractivity contribution is -0.146. The van der Waals surface area contributed by atoms with E-state index >= 15 is 0 Å². The molecule has 0 aliphatic heterocycles. The maximum absolute atomic E-state index is 12.3. The van der Waals surface area contributed by atoms with Crippen LogP contribution in [0.2, 0.25) is 0 Å². The van der Waals surface area contributed by atoms with Gasteiger partial charge >= 0.3 is 5.97 Å². The summed E-state index contributed by atoms with van der Waals surface area (Å²) in [6.07, 6.45) is 1.60. The second-order valence-electron chi connectivity index (χ2n) is 6.34. The molecule has 0 aliphatic carbocycles. The number of aryl methyl sites for hydroxylation is 2. The van der Waals surface area contributed by atoms with E-state index < -0.39 is 5.97 Å². The number of benzene rings is 2. The highest BCUT2D eigenvalue weighted by Crippen LogP contribution is 2.33. The summed E-state index contributed by atoms with van der Waals surface area (Å²) in [7, 11) is 3.06. The average molecular weight is 464 g/mol. The number of methoxy groups -OCH3 is 2. The van der Waals surface area contributed by atoms with E-state index in [9.17, 15) is 9.59 Å². The van der Waals surface area contributed by atoms with Crippen molar-refractivity contribution >= 4 is 33.5 Å². The third-order valence-corrected chi connectivity index (χ3v) is 5.25. The molecule has 0 spiro atoms. The summed E-state index contributed by atoms with van der Waals surface area (Å²) in [6.45, 7) is 3.72. The van der Waals surface area contributed by atoms with Crippen LogP contribution in [0.15, 0.2) is 34.8 Å². The second kappa shape index (κ2) is 10.9. The lowest BCUT2D eigenvalue weighted by atomic mass is 10.0. The summed E-state index contributed by atoms with van der Waals surface area (Å²) >= 11 is 3.41. The second-order valence-corrected chi connectivity index (χ2v) is 7.20. The standard InChI is InChI=1S/C22H26BrNO5/c1-5-14-8-7-9-15(6-2)22(14)24-20(25)13-29-21(26)11-16-10-18(27-3)19(28-4)12-17(16)23/h7-10,12H,5-6,11,13H2,1-4H3,(H,24,25).